The van der Waals surface area contributed by atoms with Crippen LogP contribution in [0.25, 0.3) is 4.91 Å². The van der Waals surface area contributed by atoms with Crippen LogP contribution in [-0.4, -0.2) is 5.25 Å². The average Bonchev–Trinajstić information content (AvgIpc) is 2.56. The zero-order valence-corrected chi connectivity index (χ0v) is 9.17. The molecule has 0 nitrogen and oxygen atoms in total. The topological polar surface area (TPSA) is 0 Å². The van der Waals surface area contributed by atoms with E-state index >= 15 is 0 Å². The lowest BCUT2D eigenvalue weighted by atomic mass is 10.4. The Morgan fingerprint density at radius 2 is 2.50 bits per heavy atom. The van der Waals surface area contributed by atoms with Crippen LogP contribution in [0.3, 0.4) is 0 Å². The number of hydrogen-bond donors (Lipinski definition) is 0. The molecule has 0 unspecified atom stereocenters. The van der Waals surface area contributed by atoms with E-state index in [0.717, 1.165) is 0 Å². The third-order valence-corrected chi connectivity index (χ3v) is 4.01. The summed E-state index contributed by atoms with van der Waals surface area (Å²) in [6.45, 7) is 8.51. The highest BCUT2D eigenvalue weighted by Crippen LogP contribution is 2.32. The Morgan fingerprint density at radius 3 is 3.00 bits per heavy atom. The van der Waals surface area contributed by atoms with Crippen LogP contribution in [0.1, 0.15) is 25.1 Å². The van der Waals surface area contributed by atoms with Gasteiger partial charge in [0.15, 0.2) is 0 Å². The van der Waals surface area contributed by atoms with E-state index in [0.29, 0.717) is 5.25 Å². The van der Waals surface area contributed by atoms with Gasteiger partial charge in [-0.05, 0) is 17.9 Å². The van der Waals surface area contributed by atoms with Crippen LogP contribution in [0.15, 0.2) is 24.1 Å². The lowest BCUT2D eigenvalue weighted by molar-refractivity contribution is 0.910. The van der Waals surface area contributed by atoms with Crippen molar-refractivity contribution in [3.05, 3.63) is 29.0 Å². The van der Waals surface area contributed by atoms with Gasteiger partial charge < -0.3 is 0 Å². The van der Waals surface area contributed by atoms with Gasteiger partial charge in [-0.3, -0.25) is 0 Å². The van der Waals surface area contributed by atoms with Gasteiger partial charge in [0, 0.05) is 15.0 Å². The SMILES string of the molecule is C=C(S[C@H](C)CC)c1cccs1. The van der Waals surface area contributed by atoms with E-state index in [9.17, 15) is 0 Å². The normalized spacial score (nSPS) is 12.8. The van der Waals surface area contributed by atoms with E-state index in [1.165, 1.54) is 16.2 Å². The molecule has 0 radical (unpaired) electrons. The van der Waals surface area contributed by atoms with Crippen LogP contribution in [0, 0.1) is 0 Å². The van der Waals surface area contributed by atoms with Crippen molar-refractivity contribution in [2.24, 2.45) is 0 Å². The molecule has 0 saturated heterocycles. The molecule has 12 heavy (non-hydrogen) atoms. The second-order valence-corrected chi connectivity index (χ2v) is 5.22. The molecular weight excluding hydrogens is 184 g/mol. The predicted octanol–water partition coefficient (Wildman–Crippen LogP) is 4.25. The molecule has 1 atom stereocenters. The van der Waals surface area contributed by atoms with Crippen LogP contribution >= 0.6 is 23.1 Å². The molecule has 0 aromatic carbocycles. The van der Waals surface area contributed by atoms with Gasteiger partial charge in [-0.15, -0.1) is 23.1 Å². The summed E-state index contributed by atoms with van der Waals surface area (Å²) in [7, 11) is 0. The van der Waals surface area contributed by atoms with Gasteiger partial charge in [0.25, 0.3) is 0 Å². The first-order valence-electron chi connectivity index (χ1n) is 4.13. The van der Waals surface area contributed by atoms with Crippen LogP contribution in [0.5, 0.6) is 0 Å². The molecule has 0 N–H and O–H groups in total. The maximum atomic E-state index is 4.06. The van der Waals surface area contributed by atoms with Crippen LogP contribution < -0.4 is 0 Å². The first kappa shape index (κ1) is 9.87. The Labute approximate surface area is 82.7 Å². The van der Waals surface area contributed by atoms with E-state index in [1.807, 2.05) is 11.8 Å². The fourth-order valence-electron chi connectivity index (χ4n) is 0.821. The number of thiophene rings is 1. The number of rotatable bonds is 4. The minimum atomic E-state index is 0.680. The molecule has 0 fully saturated rings. The minimum absolute atomic E-state index is 0.680. The molecule has 1 heterocycles. The predicted molar refractivity (Wildman–Crippen MR) is 60.7 cm³/mol. The highest BCUT2D eigenvalue weighted by Gasteiger charge is 2.04. The monoisotopic (exact) mass is 198 g/mol. The zero-order chi connectivity index (χ0) is 8.97. The highest BCUT2D eigenvalue weighted by atomic mass is 32.2. The third kappa shape index (κ3) is 2.68. The Hall–Kier alpha value is -0.210. The smallest absolute Gasteiger partial charge is 0.0400 e. The quantitative estimate of drug-likeness (QED) is 0.697. The lowest BCUT2D eigenvalue weighted by Crippen LogP contribution is -1.91. The molecule has 66 valence electrons. The van der Waals surface area contributed by atoms with Gasteiger partial charge in [0.1, 0.15) is 0 Å². The zero-order valence-electron chi connectivity index (χ0n) is 7.54. The summed E-state index contributed by atoms with van der Waals surface area (Å²) in [4.78, 5) is 2.51. The van der Waals surface area contributed by atoms with Crippen LogP contribution in [-0.2, 0) is 0 Å². The Bertz CT molecular complexity index is 236. The van der Waals surface area contributed by atoms with E-state index < -0.39 is 0 Å². The molecule has 0 spiro atoms. The molecule has 0 aliphatic carbocycles. The van der Waals surface area contributed by atoms with Crippen molar-refractivity contribution < 1.29 is 0 Å². The van der Waals surface area contributed by atoms with Gasteiger partial charge >= 0.3 is 0 Å². The molecule has 0 aliphatic rings. The van der Waals surface area contributed by atoms with Crippen molar-refractivity contribution in [3.8, 4) is 0 Å². The number of thioether (sulfide) groups is 1. The van der Waals surface area contributed by atoms with Crippen molar-refractivity contribution >= 4 is 28.0 Å². The maximum Gasteiger partial charge on any atom is 0.0400 e. The molecule has 0 saturated carbocycles. The summed E-state index contributed by atoms with van der Waals surface area (Å²) in [5.41, 5.74) is 0. The molecule has 1 aromatic heterocycles. The van der Waals surface area contributed by atoms with Crippen molar-refractivity contribution in [1.82, 2.24) is 0 Å². The van der Waals surface area contributed by atoms with Gasteiger partial charge in [-0.2, -0.15) is 0 Å². The van der Waals surface area contributed by atoms with Gasteiger partial charge in [0.2, 0.25) is 0 Å². The maximum absolute atomic E-state index is 4.06. The van der Waals surface area contributed by atoms with Gasteiger partial charge in [-0.1, -0.05) is 26.5 Å². The van der Waals surface area contributed by atoms with Gasteiger partial charge in [-0.25, -0.2) is 0 Å². The number of hydrogen-bond acceptors (Lipinski definition) is 2. The molecule has 2 heteroatoms. The average molecular weight is 198 g/mol. The molecule has 0 bridgehead atoms. The molecule has 0 amide bonds. The Kier molecular flexibility index (Phi) is 3.89. The summed E-state index contributed by atoms with van der Waals surface area (Å²) in [5.74, 6) is 0. The Balaban J connectivity index is 2.50. The van der Waals surface area contributed by atoms with Crippen molar-refractivity contribution in [3.63, 3.8) is 0 Å². The van der Waals surface area contributed by atoms with Gasteiger partial charge in [0.05, 0.1) is 0 Å². The van der Waals surface area contributed by atoms with E-state index in [-0.39, 0.29) is 0 Å². The summed E-state index contributed by atoms with van der Waals surface area (Å²) in [6.07, 6.45) is 1.20. The van der Waals surface area contributed by atoms with E-state index in [4.69, 9.17) is 0 Å². The van der Waals surface area contributed by atoms with Crippen molar-refractivity contribution in [2.75, 3.05) is 0 Å². The minimum Gasteiger partial charge on any atom is -0.143 e. The molecule has 0 aliphatic heterocycles. The fraction of sp³-hybridized carbons (Fsp3) is 0.400. The summed E-state index contributed by atoms with van der Waals surface area (Å²) >= 11 is 3.64. The summed E-state index contributed by atoms with van der Waals surface area (Å²) in [6, 6.07) is 4.20. The lowest BCUT2D eigenvalue weighted by Gasteiger charge is -2.08. The highest BCUT2D eigenvalue weighted by molar-refractivity contribution is 8.09. The summed E-state index contributed by atoms with van der Waals surface area (Å²) in [5, 5.41) is 2.78. The summed E-state index contributed by atoms with van der Waals surface area (Å²) < 4.78 is 0. The van der Waals surface area contributed by atoms with E-state index in [2.05, 4.69) is 37.9 Å². The third-order valence-electron chi connectivity index (χ3n) is 1.71. The van der Waals surface area contributed by atoms with Crippen molar-refractivity contribution in [1.29, 1.82) is 0 Å². The first-order valence-corrected chi connectivity index (χ1v) is 5.89. The molecule has 1 rings (SSSR count). The largest absolute Gasteiger partial charge is 0.143 e. The van der Waals surface area contributed by atoms with Crippen LogP contribution in [0.4, 0.5) is 0 Å². The second kappa shape index (κ2) is 4.73. The Morgan fingerprint density at radius 1 is 1.75 bits per heavy atom. The standard InChI is InChI=1S/C10H14S2/c1-4-8(2)12-9(3)10-6-5-7-11-10/h5-8H,3-4H2,1-2H3/t8-/m1/s1. The second-order valence-electron chi connectivity index (χ2n) is 2.74. The van der Waals surface area contributed by atoms with Crippen molar-refractivity contribution in [2.45, 2.75) is 25.5 Å². The van der Waals surface area contributed by atoms with Crippen LogP contribution in [0.2, 0.25) is 0 Å². The molecule has 1 aromatic rings. The fourth-order valence-corrected chi connectivity index (χ4v) is 2.54. The van der Waals surface area contributed by atoms with E-state index in [1.54, 1.807) is 11.3 Å². The first-order chi connectivity index (χ1) is 5.74. The molecular formula is C10H14S2.